The molecular weight excluding hydrogens is 320 g/mol. The molecule has 1 aromatic rings. The number of nitrogens with zero attached hydrogens (tertiary/aromatic N) is 1. The second kappa shape index (κ2) is 8.16. The zero-order valence-electron chi connectivity index (χ0n) is 14.8. The van der Waals surface area contributed by atoms with Gasteiger partial charge in [0, 0.05) is 12.6 Å². The number of carbonyl (C=O) groups excluding carboxylic acids is 2. The second-order valence-corrected chi connectivity index (χ2v) is 6.48. The predicted molar refractivity (Wildman–Crippen MR) is 95.8 cm³/mol. The van der Waals surface area contributed by atoms with E-state index < -0.39 is 11.5 Å². The van der Waals surface area contributed by atoms with Crippen molar-refractivity contribution in [1.82, 2.24) is 4.90 Å². The lowest BCUT2D eigenvalue weighted by Crippen LogP contribution is -2.51. The lowest BCUT2D eigenvalue weighted by molar-refractivity contribution is -0.137. The predicted octanol–water partition coefficient (Wildman–Crippen LogP) is 1.72. The molecule has 0 spiro atoms. The van der Waals surface area contributed by atoms with Gasteiger partial charge < -0.3 is 20.5 Å². The summed E-state index contributed by atoms with van der Waals surface area (Å²) >= 11 is 0. The van der Waals surface area contributed by atoms with Gasteiger partial charge in [-0.05, 0) is 42.5 Å². The SMILES string of the molecule is CC/C(=C\C(=O)N1CCCC(O)(CC(N)=O)C1)c1ccc(OC)cc1. The monoisotopic (exact) mass is 346 g/mol. The Morgan fingerprint density at radius 3 is 2.60 bits per heavy atom. The number of aliphatic hydroxyl groups is 1. The first kappa shape index (κ1) is 19.0. The van der Waals surface area contributed by atoms with Gasteiger partial charge in [0.2, 0.25) is 11.8 Å². The number of carbonyl (C=O) groups is 2. The number of methoxy groups -OCH3 is 1. The fraction of sp³-hybridized carbons (Fsp3) is 0.474. The standard InChI is InChI=1S/C19H26N2O4/c1-3-14(15-5-7-16(25-2)8-6-15)11-18(23)21-10-4-9-19(24,13-21)12-17(20)22/h5-8,11,24H,3-4,9-10,12-13H2,1-2H3,(H2,20,22)/b14-11+. The molecule has 0 radical (unpaired) electrons. The molecule has 6 nitrogen and oxygen atoms in total. The number of β-amino-alcohol motifs (C(OH)–C–C–N with tert-alkyl or cyclic N) is 1. The van der Waals surface area contributed by atoms with E-state index in [-0.39, 0.29) is 18.9 Å². The Morgan fingerprint density at radius 2 is 2.04 bits per heavy atom. The Hall–Kier alpha value is -2.34. The summed E-state index contributed by atoms with van der Waals surface area (Å²) < 4.78 is 5.15. The highest BCUT2D eigenvalue weighted by Crippen LogP contribution is 2.26. The number of rotatable bonds is 6. The summed E-state index contributed by atoms with van der Waals surface area (Å²) in [4.78, 5) is 25.4. The van der Waals surface area contributed by atoms with E-state index in [1.807, 2.05) is 31.2 Å². The number of allylic oxidation sites excluding steroid dienone is 1. The van der Waals surface area contributed by atoms with Crippen molar-refractivity contribution < 1.29 is 19.4 Å². The Kier molecular flexibility index (Phi) is 6.20. The fourth-order valence-corrected chi connectivity index (χ4v) is 3.20. The molecule has 1 unspecified atom stereocenters. The number of piperidine rings is 1. The van der Waals surface area contributed by atoms with Crippen LogP contribution >= 0.6 is 0 Å². The van der Waals surface area contributed by atoms with Crippen LogP contribution in [0.5, 0.6) is 5.75 Å². The number of amides is 2. The molecular formula is C19H26N2O4. The van der Waals surface area contributed by atoms with E-state index in [0.29, 0.717) is 25.8 Å². The first-order valence-corrected chi connectivity index (χ1v) is 8.51. The molecule has 1 atom stereocenters. The highest BCUT2D eigenvalue weighted by atomic mass is 16.5. The van der Waals surface area contributed by atoms with Gasteiger partial charge in [-0.15, -0.1) is 0 Å². The number of benzene rings is 1. The zero-order chi connectivity index (χ0) is 18.4. The van der Waals surface area contributed by atoms with Crippen LogP contribution in [-0.2, 0) is 9.59 Å². The molecule has 0 aromatic heterocycles. The summed E-state index contributed by atoms with van der Waals surface area (Å²) in [5, 5.41) is 10.5. The van der Waals surface area contributed by atoms with Gasteiger partial charge in [-0.1, -0.05) is 19.1 Å². The highest BCUT2D eigenvalue weighted by Gasteiger charge is 2.36. The van der Waals surface area contributed by atoms with Crippen molar-refractivity contribution in [2.24, 2.45) is 5.73 Å². The van der Waals surface area contributed by atoms with Crippen LogP contribution in [0.3, 0.4) is 0 Å². The summed E-state index contributed by atoms with van der Waals surface area (Å²) in [5.74, 6) is 0.0492. The average molecular weight is 346 g/mol. The molecule has 1 aromatic carbocycles. The Morgan fingerprint density at radius 1 is 1.36 bits per heavy atom. The number of likely N-dealkylation sites (tertiary alicyclic amines) is 1. The molecule has 1 heterocycles. The molecule has 25 heavy (non-hydrogen) atoms. The van der Waals surface area contributed by atoms with E-state index in [1.165, 1.54) is 0 Å². The molecule has 1 saturated heterocycles. The molecule has 136 valence electrons. The van der Waals surface area contributed by atoms with Crippen molar-refractivity contribution in [2.75, 3.05) is 20.2 Å². The molecule has 1 aliphatic rings. The number of nitrogens with two attached hydrogens (primary N) is 1. The Balaban J connectivity index is 2.14. The van der Waals surface area contributed by atoms with Gasteiger partial charge >= 0.3 is 0 Å². The van der Waals surface area contributed by atoms with Crippen LogP contribution in [0, 0.1) is 0 Å². The van der Waals surface area contributed by atoms with Crippen molar-refractivity contribution in [1.29, 1.82) is 0 Å². The van der Waals surface area contributed by atoms with Crippen LogP contribution in [-0.4, -0.2) is 47.6 Å². The quantitative estimate of drug-likeness (QED) is 0.767. The van der Waals surface area contributed by atoms with Gasteiger partial charge in [0.25, 0.3) is 0 Å². The van der Waals surface area contributed by atoms with E-state index in [9.17, 15) is 14.7 Å². The lowest BCUT2D eigenvalue weighted by Gasteiger charge is -2.38. The van der Waals surface area contributed by atoms with Crippen LogP contribution in [0.15, 0.2) is 30.3 Å². The van der Waals surface area contributed by atoms with Crippen molar-refractivity contribution in [3.8, 4) is 5.75 Å². The van der Waals surface area contributed by atoms with Crippen LogP contribution in [0.25, 0.3) is 5.57 Å². The molecule has 2 amide bonds. The van der Waals surface area contributed by atoms with E-state index in [0.717, 1.165) is 16.9 Å². The van der Waals surface area contributed by atoms with Crippen LogP contribution < -0.4 is 10.5 Å². The largest absolute Gasteiger partial charge is 0.497 e. The van der Waals surface area contributed by atoms with E-state index in [2.05, 4.69) is 0 Å². The maximum atomic E-state index is 12.6. The number of ether oxygens (including phenoxy) is 1. The van der Waals surface area contributed by atoms with Crippen molar-refractivity contribution in [3.05, 3.63) is 35.9 Å². The summed E-state index contributed by atoms with van der Waals surface area (Å²) in [7, 11) is 1.61. The Bertz CT molecular complexity index is 654. The van der Waals surface area contributed by atoms with Crippen LogP contribution in [0.1, 0.15) is 38.2 Å². The minimum atomic E-state index is -1.22. The molecule has 6 heteroatoms. The molecule has 0 saturated carbocycles. The van der Waals surface area contributed by atoms with Crippen molar-refractivity contribution >= 4 is 17.4 Å². The molecule has 1 fully saturated rings. The smallest absolute Gasteiger partial charge is 0.246 e. The van der Waals surface area contributed by atoms with E-state index >= 15 is 0 Å². The third-order valence-electron chi connectivity index (χ3n) is 4.51. The van der Waals surface area contributed by atoms with Gasteiger partial charge in [0.1, 0.15) is 5.75 Å². The third-order valence-corrected chi connectivity index (χ3v) is 4.51. The maximum absolute atomic E-state index is 12.6. The highest BCUT2D eigenvalue weighted by molar-refractivity contribution is 5.95. The molecule has 1 aliphatic heterocycles. The molecule has 3 N–H and O–H groups in total. The maximum Gasteiger partial charge on any atom is 0.246 e. The van der Waals surface area contributed by atoms with Crippen molar-refractivity contribution in [2.45, 2.75) is 38.2 Å². The van der Waals surface area contributed by atoms with Gasteiger partial charge in [-0.3, -0.25) is 9.59 Å². The summed E-state index contributed by atoms with van der Waals surface area (Å²) in [6.07, 6.45) is 3.31. The first-order chi connectivity index (χ1) is 11.9. The molecule has 0 bridgehead atoms. The Labute approximate surface area is 148 Å². The molecule has 2 rings (SSSR count). The number of primary amides is 1. The van der Waals surface area contributed by atoms with Gasteiger partial charge in [-0.25, -0.2) is 0 Å². The summed E-state index contributed by atoms with van der Waals surface area (Å²) in [6, 6.07) is 7.55. The van der Waals surface area contributed by atoms with Gasteiger partial charge in [-0.2, -0.15) is 0 Å². The minimum Gasteiger partial charge on any atom is -0.497 e. The van der Waals surface area contributed by atoms with E-state index in [1.54, 1.807) is 18.1 Å². The first-order valence-electron chi connectivity index (χ1n) is 8.51. The third kappa shape index (κ3) is 5.06. The van der Waals surface area contributed by atoms with Gasteiger partial charge in [0.15, 0.2) is 0 Å². The van der Waals surface area contributed by atoms with Crippen LogP contribution in [0.2, 0.25) is 0 Å². The number of hydrogen-bond donors (Lipinski definition) is 2. The lowest BCUT2D eigenvalue weighted by atomic mass is 9.89. The average Bonchev–Trinajstić information content (AvgIpc) is 2.58. The van der Waals surface area contributed by atoms with E-state index in [4.69, 9.17) is 10.5 Å². The second-order valence-electron chi connectivity index (χ2n) is 6.48. The summed E-state index contributed by atoms with van der Waals surface area (Å²) in [6.45, 7) is 2.68. The summed E-state index contributed by atoms with van der Waals surface area (Å²) in [5.41, 5.74) is 5.86. The van der Waals surface area contributed by atoms with Gasteiger partial charge in [0.05, 0.1) is 25.7 Å². The topological polar surface area (TPSA) is 92.9 Å². The number of hydrogen-bond acceptors (Lipinski definition) is 4. The zero-order valence-corrected chi connectivity index (χ0v) is 14.8. The normalized spacial score (nSPS) is 21.1. The minimum absolute atomic E-state index is 0.125. The van der Waals surface area contributed by atoms with Crippen LogP contribution in [0.4, 0.5) is 0 Å². The molecule has 0 aliphatic carbocycles. The van der Waals surface area contributed by atoms with Crippen molar-refractivity contribution in [3.63, 3.8) is 0 Å². The fourth-order valence-electron chi connectivity index (χ4n) is 3.20.